The van der Waals surface area contributed by atoms with Crippen LogP contribution in [0.4, 0.5) is 8.78 Å². The number of hydrogen-bond donors (Lipinski definition) is 3. The van der Waals surface area contributed by atoms with Crippen LogP contribution >= 0.6 is 0 Å². The van der Waals surface area contributed by atoms with Crippen molar-refractivity contribution in [2.45, 2.75) is 64.1 Å². The van der Waals surface area contributed by atoms with Gasteiger partial charge in [-0.15, -0.1) is 0 Å². The quantitative estimate of drug-likeness (QED) is 0.303. The Balaban J connectivity index is 1.68. The number of aromatic nitrogens is 2. The first-order valence-electron chi connectivity index (χ1n) is 11.6. The van der Waals surface area contributed by atoms with Crippen LogP contribution in [0, 0.1) is 11.6 Å². The van der Waals surface area contributed by atoms with E-state index in [1.807, 2.05) is 0 Å². The molecule has 1 aromatic carbocycles. The molecule has 2 unspecified atom stereocenters. The lowest BCUT2D eigenvalue weighted by Crippen LogP contribution is -2.44. The standard InChI is InChI=1S/C25H23F2N3O5/c1-3-25(34)14-6-18-22-12(8-30(18)23(32)13(14)9-35-24(25)33)20-16(28-10(2)31)5-4-11-19(20)17(29-22)7-15(26)21(11)27/h6-7,10,16,28,31,34H,3-5,8-9H2,1-2H3/t10?,16?,25-/m0/s1. The molecule has 2 aromatic heterocycles. The number of nitrogens with one attached hydrogen (secondary N) is 1. The number of nitrogens with zero attached hydrogens (tertiary/aromatic N) is 2. The van der Waals surface area contributed by atoms with Gasteiger partial charge in [0, 0.05) is 34.2 Å². The van der Waals surface area contributed by atoms with Crippen molar-refractivity contribution in [1.29, 1.82) is 0 Å². The van der Waals surface area contributed by atoms with Crippen molar-refractivity contribution in [1.82, 2.24) is 14.9 Å². The molecule has 0 spiro atoms. The van der Waals surface area contributed by atoms with Crippen molar-refractivity contribution in [2.75, 3.05) is 0 Å². The highest BCUT2D eigenvalue weighted by Crippen LogP contribution is 2.45. The number of benzene rings is 1. The number of aliphatic hydroxyl groups is 2. The Morgan fingerprint density at radius 1 is 1.29 bits per heavy atom. The van der Waals surface area contributed by atoms with Crippen molar-refractivity contribution in [2.24, 2.45) is 0 Å². The van der Waals surface area contributed by atoms with E-state index in [0.717, 1.165) is 6.07 Å². The summed E-state index contributed by atoms with van der Waals surface area (Å²) in [4.78, 5) is 30.5. The lowest BCUT2D eigenvalue weighted by molar-refractivity contribution is -0.172. The van der Waals surface area contributed by atoms with Crippen LogP contribution in [0.1, 0.15) is 60.5 Å². The van der Waals surface area contributed by atoms with Gasteiger partial charge in [0.15, 0.2) is 17.2 Å². The molecule has 0 amide bonds. The summed E-state index contributed by atoms with van der Waals surface area (Å²) in [5.74, 6) is -2.74. The van der Waals surface area contributed by atoms with Gasteiger partial charge >= 0.3 is 5.97 Å². The highest BCUT2D eigenvalue weighted by atomic mass is 19.2. The summed E-state index contributed by atoms with van der Waals surface area (Å²) in [6.45, 7) is 3.08. The number of cyclic esters (lactones) is 1. The summed E-state index contributed by atoms with van der Waals surface area (Å²) in [6.07, 6.45) is -0.155. The Morgan fingerprint density at radius 2 is 2.06 bits per heavy atom. The van der Waals surface area contributed by atoms with Crippen LogP contribution in [0.15, 0.2) is 16.9 Å². The molecular formula is C25H23F2N3O5. The first-order valence-corrected chi connectivity index (χ1v) is 11.6. The van der Waals surface area contributed by atoms with Crippen molar-refractivity contribution in [3.63, 3.8) is 0 Å². The highest BCUT2D eigenvalue weighted by molar-refractivity contribution is 5.92. The minimum atomic E-state index is -1.96. The van der Waals surface area contributed by atoms with Crippen molar-refractivity contribution in [3.8, 4) is 11.4 Å². The van der Waals surface area contributed by atoms with Gasteiger partial charge in [-0.2, -0.15) is 0 Å². The second-order valence-corrected chi connectivity index (χ2v) is 9.43. The van der Waals surface area contributed by atoms with Crippen LogP contribution in [-0.4, -0.2) is 32.0 Å². The van der Waals surface area contributed by atoms with E-state index in [2.05, 4.69) is 10.3 Å². The monoisotopic (exact) mass is 483 g/mol. The fourth-order valence-corrected chi connectivity index (χ4v) is 5.81. The van der Waals surface area contributed by atoms with Crippen LogP contribution in [0.2, 0.25) is 0 Å². The third kappa shape index (κ3) is 2.90. The molecule has 0 saturated heterocycles. The fourth-order valence-electron chi connectivity index (χ4n) is 5.81. The van der Waals surface area contributed by atoms with Crippen LogP contribution in [0.25, 0.3) is 22.3 Å². The molecular weight excluding hydrogens is 460 g/mol. The molecule has 35 heavy (non-hydrogen) atoms. The Hall–Kier alpha value is -3.21. The normalized spacial score (nSPS) is 23.0. The number of carbonyl (C=O) groups is 1. The van der Waals surface area contributed by atoms with Crippen LogP contribution < -0.4 is 10.9 Å². The molecule has 0 bridgehead atoms. The van der Waals surface area contributed by atoms with E-state index in [1.54, 1.807) is 19.9 Å². The molecule has 10 heteroatoms. The topological polar surface area (TPSA) is 114 Å². The minimum Gasteiger partial charge on any atom is -0.458 e. The van der Waals surface area contributed by atoms with E-state index in [4.69, 9.17) is 4.74 Å². The van der Waals surface area contributed by atoms with Crippen LogP contribution in [-0.2, 0) is 34.7 Å². The predicted octanol–water partition coefficient (Wildman–Crippen LogP) is 2.27. The summed E-state index contributed by atoms with van der Waals surface area (Å²) >= 11 is 0. The first-order chi connectivity index (χ1) is 16.7. The number of hydrogen-bond acceptors (Lipinski definition) is 7. The zero-order valence-electron chi connectivity index (χ0n) is 19.1. The predicted molar refractivity (Wildman–Crippen MR) is 120 cm³/mol. The fraction of sp³-hybridized carbons (Fsp3) is 0.400. The van der Waals surface area contributed by atoms with E-state index in [9.17, 15) is 28.6 Å². The van der Waals surface area contributed by atoms with Crippen molar-refractivity contribution in [3.05, 3.63) is 61.9 Å². The Bertz CT molecular complexity index is 1520. The molecule has 0 radical (unpaired) electrons. The van der Waals surface area contributed by atoms with Gasteiger partial charge < -0.3 is 19.5 Å². The Labute approximate surface area is 198 Å². The number of halogens is 2. The summed E-state index contributed by atoms with van der Waals surface area (Å²) in [7, 11) is 0. The van der Waals surface area contributed by atoms with Gasteiger partial charge in [-0.1, -0.05) is 6.92 Å². The number of aryl methyl sites for hydroxylation is 1. The van der Waals surface area contributed by atoms with Gasteiger partial charge in [0.05, 0.1) is 29.0 Å². The summed E-state index contributed by atoms with van der Waals surface area (Å²) in [5, 5.41) is 24.7. The second-order valence-electron chi connectivity index (χ2n) is 9.43. The highest BCUT2D eigenvalue weighted by Gasteiger charge is 2.46. The molecule has 3 aromatic rings. The van der Waals surface area contributed by atoms with E-state index < -0.39 is 35.0 Å². The number of rotatable bonds is 3. The minimum absolute atomic E-state index is 0.0131. The molecule has 3 aliphatic rings. The molecule has 1 aliphatic carbocycles. The van der Waals surface area contributed by atoms with Crippen molar-refractivity contribution >= 4 is 16.9 Å². The molecule has 8 nitrogen and oxygen atoms in total. The van der Waals surface area contributed by atoms with Gasteiger partial charge in [-0.25, -0.2) is 18.6 Å². The largest absolute Gasteiger partial charge is 0.458 e. The first kappa shape index (κ1) is 22.3. The van der Waals surface area contributed by atoms with Gasteiger partial charge in [0.2, 0.25) is 0 Å². The van der Waals surface area contributed by atoms with E-state index in [1.165, 1.54) is 4.57 Å². The molecule has 182 valence electrons. The second kappa shape index (κ2) is 7.39. The van der Waals surface area contributed by atoms with Crippen molar-refractivity contribution < 1.29 is 28.5 Å². The van der Waals surface area contributed by atoms with E-state index in [-0.39, 0.29) is 54.2 Å². The maximum absolute atomic E-state index is 14.8. The molecule has 6 rings (SSSR count). The SMILES string of the molecule is CC[C@@]1(O)C(=O)OCc2c1cc1n(c2=O)Cc2c-1nc1cc(F)c(F)c3c1c2C(NC(C)O)CC3. The number of esters is 1. The average Bonchev–Trinajstić information content (AvgIpc) is 3.19. The summed E-state index contributed by atoms with van der Waals surface area (Å²) < 4.78 is 35.9. The molecule has 3 atom stereocenters. The smallest absolute Gasteiger partial charge is 0.343 e. The summed E-state index contributed by atoms with van der Waals surface area (Å²) in [5.41, 5.74) is 0.594. The van der Waals surface area contributed by atoms with Gasteiger partial charge in [-0.3, -0.25) is 10.1 Å². The zero-order valence-corrected chi connectivity index (χ0v) is 19.1. The lowest BCUT2D eigenvalue weighted by atomic mass is 9.83. The Morgan fingerprint density at radius 3 is 2.77 bits per heavy atom. The molecule has 3 N–H and O–H groups in total. The number of aliphatic hydroxyl groups excluding tert-OH is 1. The third-order valence-electron chi connectivity index (χ3n) is 7.48. The van der Waals surface area contributed by atoms with Crippen LogP contribution in [0.5, 0.6) is 0 Å². The lowest BCUT2D eigenvalue weighted by Gasteiger charge is -2.31. The number of pyridine rings is 2. The maximum atomic E-state index is 14.8. The molecule has 4 heterocycles. The Kier molecular flexibility index (Phi) is 4.70. The van der Waals surface area contributed by atoms with E-state index >= 15 is 0 Å². The van der Waals surface area contributed by atoms with Gasteiger partial charge in [0.25, 0.3) is 5.56 Å². The number of fused-ring (bicyclic) bond motifs is 5. The molecule has 0 fully saturated rings. The number of ether oxygens (including phenoxy) is 1. The van der Waals surface area contributed by atoms with Crippen LogP contribution in [0.3, 0.4) is 0 Å². The molecule has 2 aliphatic heterocycles. The third-order valence-corrected chi connectivity index (χ3v) is 7.48. The van der Waals surface area contributed by atoms with Gasteiger partial charge in [0.1, 0.15) is 12.8 Å². The summed E-state index contributed by atoms with van der Waals surface area (Å²) in [6, 6.07) is 2.25. The van der Waals surface area contributed by atoms with Gasteiger partial charge in [-0.05, 0) is 37.8 Å². The van der Waals surface area contributed by atoms with E-state index in [0.29, 0.717) is 34.3 Å². The molecule has 0 saturated carbocycles. The average molecular weight is 483 g/mol. The maximum Gasteiger partial charge on any atom is 0.343 e. The zero-order chi connectivity index (χ0) is 24.8. The number of carbonyl (C=O) groups excluding carboxylic acids is 1.